The van der Waals surface area contributed by atoms with Crippen LogP contribution in [0, 0.1) is 0 Å². The quantitative estimate of drug-likeness (QED) is 0.568. The first-order valence-electron chi connectivity index (χ1n) is 7.30. The Morgan fingerprint density at radius 2 is 1.96 bits per heavy atom. The Kier molecular flexibility index (Phi) is 4.11. The van der Waals surface area contributed by atoms with E-state index in [-0.39, 0.29) is 5.91 Å². The van der Waals surface area contributed by atoms with Crippen LogP contribution < -0.4 is 5.43 Å². The van der Waals surface area contributed by atoms with Crippen LogP contribution in [0.1, 0.15) is 12.5 Å². The van der Waals surface area contributed by atoms with Crippen LogP contribution in [-0.2, 0) is 9.59 Å². The molecule has 0 aliphatic heterocycles. The van der Waals surface area contributed by atoms with Crippen LogP contribution in [0.4, 0.5) is 0 Å². The maximum absolute atomic E-state index is 11.1. The molecule has 6 nitrogen and oxygen atoms in total. The predicted octanol–water partition coefficient (Wildman–Crippen LogP) is 2.89. The lowest BCUT2D eigenvalue weighted by molar-refractivity contribution is -0.131. The van der Waals surface area contributed by atoms with Crippen LogP contribution in [0.3, 0.4) is 0 Å². The van der Waals surface area contributed by atoms with Gasteiger partial charge in [-0.3, -0.25) is 10.2 Å². The molecule has 0 bridgehead atoms. The zero-order valence-electron chi connectivity index (χ0n) is 12.9. The zero-order valence-corrected chi connectivity index (χ0v) is 12.9. The minimum atomic E-state index is -1.03. The zero-order chi connectivity index (χ0) is 17.1. The molecule has 0 aromatic carbocycles. The first-order valence-corrected chi connectivity index (χ1v) is 7.30. The van der Waals surface area contributed by atoms with Gasteiger partial charge in [0.05, 0.1) is 0 Å². The molecule has 0 radical (unpaired) electrons. The van der Waals surface area contributed by atoms with E-state index in [1.807, 2.05) is 6.07 Å². The van der Waals surface area contributed by atoms with Crippen molar-refractivity contribution in [3.63, 3.8) is 0 Å². The number of nitrogens with one attached hydrogen (secondary N) is 1. The number of carboxylic acid groups (broad SMARTS) is 1. The van der Waals surface area contributed by atoms with Gasteiger partial charge in [-0.1, -0.05) is 18.2 Å². The fourth-order valence-electron chi connectivity index (χ4n) is 2.31. The van der Waals surface area contributed by atoms with Crippen LogP contribution >= 0.6 is 0 Å². The SMILES string of the molecule is CC(=O)Nn1cc(C=CC(=O)O)c2cccnc21.c1cc2cc-2c1. The molecule has 0 saturated heterocycles. The molecule has 2 aromatic rings. The van der Waals surface area contributed by atoms with Gasteiger partial charge in [-0.05, 0) is 35.4 Å². The van der Waals surface area contributed by atoms with Gasteiger partial charge < -0.3 is 5.11 Å². The molecule has 0 unspecified atom stereocenters. The Morgan fingerprint density at radius 1 is 1.21 bits per heavy atom. The highest BCUT2D eigenvalue weighted by Crippen LogP contribution is 2.32. The Bertz CT molecular complexity index is 940. The van der Waals surface area contributed by atoms with E-state index in [9.17, 15) is 9.59 Å². The normalized spacial score (nSPS) is 11.0. The largest absolute Gasteiger partial charge is 0.478 e. The highest BCUT2D eigenvalue weighted by atomic mass is 16.4. The van der Waals surface area contributed by atoms with Crippen molar-refractivity contribution in [3.05, 3.63) is 60.4 Å². The molecule has 2 aliphatic carbocycles. The van der Waals surface area contributed by atoms with Gasteiger partial charge in [0.25, 0.3) is 0 Å². The molecular formula is C18H15N3O3. The fourth-order valence-corrected chi connectivity index (χ4v) is 2.31. The number of aromatic nitrogens is 2. The van der Waals surface area contributed by atoms with E-state index < -0.39 is 5.97 Å². The van der Waals surface area contributed by atoms with Crippen molar-refractivity contribution in [2.45, 2.75) is 6.92 Å². The van der Waals surface area contributed by atoms with E-state index >= 15 is 0 Å². The van der Waals surface area contributed by atoms with Gasteiger partial charge in [-0.25, -0.2) is 14.5 Å². The van der Waals surface area contributed by atoms with Gasteiger partial charge in [0.1, 0.15) is 0 Å². The van der Waals surface area contributed by atoms with Gasteiger partial charge in [0, 0.05) is 36.3 Å². The van der Waals surface area contributed by atoms with Gasteiger partial charge in [-0.2, -0.15) is 0 Å². The smallest absolute Gasteiger partial charge is 0.328 e. The van der Waals surface area contributed by atoms with Gasteiger partial charge in [0.2, 0.25) is 5.91 Å². The number of aliphatic carboxylic acids is 1. The van der Waals surface area contributed by atoms with Gasteiger partial charge in [0.15, 0.2) is 5.65 Å². The summed E-state index contributed by atoms with van der Waals surface area (Å²) < 4.78 is 1.47. The van der Waals surface area contributed by atoms with Crippen LogP contribution in [0.2, 0.25) is 0 Å². The summed E-state index contributed by atoms with van der Waals surface area (Å²) >= 11 is 0. The average molecular weight is 321 g/mol. The second-order valence-electron chi connectivity index (χ2n) is 5.25. The molecule has 24 heavy (non-hydrogen) atoms. The van der Waals surface area contributed by atoms with E-state index in [0.717, 1.165) is 11.5 Å². The number of carboxylic acids is 1. The van der Waals surface area contributed by atoms with Crippen molar-refractivity contribution in [2.24, 2.45) is 0 Å². The summed E-state index contributed by atoms with van der Waals surface area (Å²) in [5.74, 6) is -1.26. The van der Waals surface area contributed by atoms with Gasteiger partial charge in [-0.15, -0.1) is 0 Å². The minimum Gasteiger partial charge on any atom is -0.478 e. The number of carbonyl (C=O) groups excluding carboxylic acids is 1. The number of fused-ring (bicyclic) bond motifs is 2. The first-order chi connectivity index (χ1) is 11.5. The van der Waals surface area contributed by atoms with Crippen molar-refractivity contribution in [1.29, 1.82) is 0 Å². The third-order valence-corrected chi connectivity index (χ3v) is 3.39. The number of amides is 1. The maximum Gasteiger partial charge on any atom is 0.328 e. The summed E-state index contributed by atoms with van der Waals surface area (Å²) in [6.45, 7) is 1.39. The number of pyridine rings is 1. The summed E-state index contributed by atoms with van der Waals surface area (Å²) in [5.41, 5.74) is 6.68. The van der Waals surface area contributed by atoms with Crippen molar-refractivity contribution in [2.75, 3.05) is 5.43 Å². The number of carbonyl (C=O) groups is 2. The Morgan fingerprint density at radius 3 is 2.50 bits per heavy atom. The number of benzene rings is 1. The van der Waals surface area contributed by atoms with Crippen LogP contribution in [-0.4, -0.2) is 26.6 Å². The maximum atomic E-state index is 11.1. The van der Waals surface area contributed by atoms with E-state index in [1.165, 1.54) is 28.8 Å². The highest BCUT2D eigenvalue weighted by molar-refractivity contribution is 5.93. The molecule has 0 atom stereocenters. The summed E-state index contributed by atoms with van der Waals surface area (Å²) in [6, 6.07) is 12.0. The Labute approximate surface area is 138 Å². The monoisotopic (exact) mass is 321 g/mol. The molecule has 0 spiro atoms. The van der Waals surface area contributed by atoms with Crippen molar-refractivity contribution < 1.29 is 14.7 Å². The van der Waals surface area contributed by atoms with E-state index in [4.69, 9.17) is 5.11 Å². The molecule has 6 heteroatoms. The topological polar surface area (TPSA) is 84.2 Å². The molecule has 2 heterocycles. The first kappa shape index (κ1) is 15.5. The molecule has 2 aromatic heterocycles. The molecule has 0 fully saturated rings. The molecule has 0 saturated carbocycles. The predicted molar refractivity (Wildman–Crippen MR) is 91.9 cm³/mol. The highest BCUT2D eigenvalue weighted by Gasteiger charge is 2.08. The second-order valence-corrected chi connectivity index (χ2v) is 5.25. The van der Waals surface area contributed by atoms with Crippen LogP contribution in [0.25, 0.3) is 28.2 Å². The van der Waals surface area contributed by atoms with Crippen molar-refractivity contribution in [3.8, 4) is 11.1 Å². The van der Waals surface area contributed by atoms with Crippen molar-refractivity contribution >= 4 is 29.0 Å². The summed E-state index contributed by atoms with van der Waals surface area (Å²) in [5, 5.41) is 9.39. The van der Waals surface area contributed by atoms with Crippen molar-refractivity contribution in [1.82, 2.24) is 9.66 Å². The lowest BCUT2D eigenvalue weighted by atomic mass is 10.2. The summed E-state index contributed by atoms with van der Waals surface area (Å²) in [4.78, 5) is 25.7. The molecule has 2 N–H and O–H groups in total. The van der Waals surface area contributed by atoms with Crippen LogP contribution in [0.15, 0.2) is 54.9 Å². The number of nitrogens with zero attached hydrogens (tertiary/aromatic N) is 2. The Hall–Kier alpha value is -3.41. The summed E-state index contributed by atoms with van der Waals surface area (Å²) in [6.07, 6.45) is 5.73. The Balaban J connectivity index is 0.000000231. The molecular weight excluding hydrogens is 306 g/mol. The average Bonchev–Trinajstić information content (AvgIpc) is 3.00. The second kappa shape index (κ2) is 6.37. The van der Waals surface area contributed by atoms with Crippen LogP contribution in [0.5, 0.6) is 0 Å². The fraction of sp³-hybridized carbons (Fsp3) is 0.0556. The molecule has 120 valence electrons. The van der Waals surface area contributed by atoms with Gasteiger partial charge >= 0.3 is 5.97 Å². The van der Waals surface area contributed by atoms with E-state index in [1.54, 1.807) is 18.5 Å². The third-order valence-electron chi connectivity index (χ3n) is 3.39. The number of hydrogen-bond acceptors (Lipinski definition) is 3. The summed E-state index contributed by atoms with van der Waals surface area (Å²) in [7, 11) is 0. The number of rotatable bonds is 3. The molecule has 4 rings (SSSR count). The van der Waals surface area contributed by atoms with E-state index in [0.29, 0.717) is 11.2 Å². The minimum absolute atomic E-state index is 0.230. The molecule has 2 aliphatic rings. The molecule has 1 amide bonds. The van der Waals surface area contributed by atoms with E-state index in [2.05, 4.69) is 34.7 Å². The number of hydrogen-bond donors (Lipinski definition) is 2. The third kappa shape index (κ3) is 3.49. The lowest BCUT2D eigenvalue weighted by Gasteiger charge is -2.02. The standard InChI is InChI=1S/C12H11N3O3.C6H4/c1-8(16)14-15-7-9(4-5-11(17)18)10-3-2-6-13-12(10)15;1-2-5-4-6(5)3-1/h2-7H,1H3,(H,14,16)(H,17,18);1-4H. The lowest BCUT2D eigenvalue weighted by Crippen LogP contribution is -2.18.